The lowest BCUT2D eigenvalue weighted by atomic mass is 10.1. The number of ether oxygens (including phenoxy) is 1. The Bertz CT molecular complexity index is 424. The molecule has 1 unspecified atom stereocenters. The largest absolute Gasteiger partial charge is 0.487 e. The second kappa shape index (κ2) is 7.53. The van der Waals surface area contributed by atoms with Crippen molar-refractivity contribution in [2.75, 3.05) is 6.61 Å². The maximum Gasteiger partial charge on any atom is 0.148 e. The lowest BCUT2D eigenvalue weighted by Crippen LogP contribution is -2.17. The molecule has 0 heterocycles. The van der Waals surface area contributed by atoms with E-state index in [1.54, 1.807) is 0 Å². The van der Waals surface area contributed by atoms with E-state index in [0.29, 0.717) is 6.61 Å². The third-order valence-corrected chi connectivity index (χ3v) is 3.80. The molecule has 1 aromatic carbocycles. The number of nitrogens with two attached hydrogens (primary N) is 1. The zero-order valence-corrected chi connectivity index (χ0v) is 14.3. The molecule has 18 heavy (non-hydrogen) atoms. The SMILES string of the molecule is C/C(=C\Cl)COc1c(Br)cc(CC(C)N)cc1Br. The molecule has 0 radical (unpaired) electrons. The Morgan fingerprint density at radius 3 is 2.44 bits per heavy atom. The van der Waals surface area contributed by atoms with Gasteiger partial charge < -0.3 is 10.5 Å². The van der Waals surface area contributed by atoms with Gasteiger partial charge in [-0.25, -0.2) is 0 Å². The van der Waals surface area contributed by atoms with Gasteiger partial charge in [-0.1, -0.05) is 11.6 Å². The highest BCUT2D eigenvalue weighted by molar-refractivity contribution is 9.11. The van der Waals surface area contributed by atoms with Gasteiger partial charge in [-0.2, -0.15) is 0 Å². The van der Waals surface area contributed by atoms with Crippen LogP contribution in [0.2, 0.25) is 0 Å². The average Bonchev–Trinajstić information content (AvgIpc) is 2.26. The van der Waals surface area contributed by atoms with E-state index in [-0.39, 0.29) is 6.04 Å². The van der Waals surface area contributed by atoms with E-state index in [0.717, 1.165) is 26.7 Å². The molecular weight excluding hydrogens is 381 g/mol. The van der Waals surface area contributed by atoms with Crippen LogP contribution in [-0.4, -0.2) is 12.6 Å². The number of rotatable bonds is 5. The van der Waals surface area contributed by atoms with E-state index in [4.69, 9.17) is 22.1 Å². The van der Waals surface area contributed by atoms with Crippen molar-refractivity contribution in [3.8, 4) is 5.75 Å². The van der Waals surface area contributed by atoms with Gasteiger partial charge in [0.2, 0.25) is 0 Å². The molecule has 0 amide bonds. The first-order chi connectivity index (χ1) is 8.43. The first-order valence-corrected chi connectivity index (χ1v) is 7.58. The van der Waals surface area contributed by atoms with Crippen LogP contribution in [0.15, 0.2) is 32.2 Å². The van der Waals surface area contributed by atoms with Crippen LogP contribution in [0.5, 0.6) is 5.75 Å². The zero-order valence-electron chi connectivity index (χ0n) is 10.3. The van der Waals surface area contributed by atoms with E-state index in [9.17, 15) is 0 Å². The number of halogens is 3. The predicted octanol–water partition coefficient (Wildman–Crippen LogP) is 4.62. The van der Waals surface area contributed by atoms with Crippen LogP contribution in [-0.2, 0) is 6.42 Å². The van der Waals surface area contributed by atoms with Crippen molar-refractivity contribution < 1.29 is 4.74 Å². The van der Waals surface area contributed by atoms with Gasteiger partial charge in [0.05, 0.1) is 8.95 Å². The van der Waals surface area contributed by atoms with Crippen molar-refractivity contribution >= 4 is 43.5 Å². The molecule has 0 aliphatic rings. The van der Waals surface area contributed by atoms with Gasteiger partial charge in [-0.05, 0) is 75.4 Å². The fourth-order valence-corrected chi connectivity index (χ4v) is 3.03. The van der Waals surface area contributed by atoms with Crippen LogP contribution < -0.4 is 10.5 Å². The van der Waals surface area contributed by atoms with Crippen LogP contribution >= 0.6 is 43.5 Å². The summed E-state index contributed by atoms with van der Waals surface area (Å²) < 4.78 is 7.53. The van der Waals surface area contributed by atoms with E-state index in [1.165, 1.54) is 11.1 Å². The minimum atomic E-state index is 0.136. The van der Waals surface area contributed by atoms with E-state index < -0.39 is 0 Å². The second-order valence-corrected chi connectivity index (χ2v) is 6.24. The summed E-state index contributed by atoms with van der Waals surface area (Å²) in [6, 6.07) is 4.20. The molecule has 1 rings (SSSR count). The predicted molar refractivity (Wildman–Crippen MR) is 84.3 cm³/mol. The van der Waals surface area contributed by atoms with Crippen molar-refractivity contribution in [3.05, 3.63) is 37.7 Å². The molecule has 0 aliphatic heterocycles. The Morgan fingerprint density at radius 2 is 2.00 bits per heavy atom. The molecule has 1 atom stereocenters. The summed E-state index contributed by atoms with van der Waals surface area (Å²) in [4.78, 5) is 0. The monoisotopic (exact) mass is 395 g/mol. The highest BCUT2D eigenvalue weighted by atomic mass is 79.9. The molecule has 2 nitrogen and oxygen atoms in total. The molecular formula is C13H16Br2ClNO. The van der Waals surface area contributed by atoms with Gasteiger partial charge >= 0.3 is 0 Å². The molecule has 0 saturated heterocycles. The molecule has 0 bridgehead atoms. The topological polar surface area (TPSA) is 35.2 Å². The number of hydrogen-bond acceptors (Lipinski definition) is 2. The van der Waals surface area contributed by atoms with Gasteiger partial charge in [0.15, 0.2) is 0 Å². The summed E-state index contributed by atoms with van der Waals surface area (Å²) in [6.07, 6.45) is 0.831. The van der Waals surface area contributed by atoms with Crippen LogP contribution in [0.1, 0.15) is 19.4 Å². The van der Waals surface area contributed by atoms with Crippen molar-refractivity contribution in [1.82, 2.24) is 0 Å². The van der Waals surface area contributed by atoms with E-state index in [2.05, 4.69) is 31.9 Å². The molecule has 0 aliphatic carbocycles. The molecule has 100 valence electrons. The molecule has 0 fully saturated rings. The quantitative estimate of drug-likeness (QED) is 0.787. The fourth-order valence-electron chi connectivity index (χ4n) is 1.46. The van der Waals surface area contributed by atoms with Gasteiger partial charge in [-0.15, -0.1) is 0 Å². The number of hydrogen-bond donors (Lipinski definition) is 1. The summed E-state index contributed by atoms with van der Waals surface area (Å²) in [5, 5.41) is 0. The standard InChI is InChI=1S/C13H16Br2ClNO/c1-8(6-16)7-18-13-11(14)4-10(3-9(2)17)5-12(13)15/h4-6,9H,3,7,17H2,1-2H3/b8-6+. The maximum atomic E-state index is 5.80. The van der Waals surface area contributed by atoms with Crippen molar-refractivity contribution in [1.29, 1.82) is 0 Å². The van der Waals surface area contributed by atoms with Gasteiger partial charge in [0, 0.05) is 11.6 Å². The van der Waals surface area contributed by atoms with Crippen LogP contribution in [0.4, 0.5) is 0 Å². The van der Waals surface area contributed by atoms with Gasteiger partial charge in [0.1, 0.15) is 12.4 Å². The summed E-state index contributed by atoms with van der Waals surface area (Å²) in [6.45, 7) is 4.37. The highest BCUT2D eigenvalue weighted by Gasteiger charge is 2.10. The normalized spacial score (nSPS) is 13.6. The Morgan fingerprint density at radius 1 is 1.44 bits per heavy atom. The summed E-state index contributed by atoms with van der Waals surface area (Å²) in [7, 11) is 0. The Hall–Kier alpha value is -0.0300. The fraction of sp³-hybridized carbons (Fsp3) is 0.385. The first-order valence-electron chi connectivity index (χ1n) is 5.56. The van der Waals surface area contributed by atoms with Crippen molar-refractivity contribution in [2.24, 2.45) is 5.73 Å². The van der Waals surface area contributed by atoms with E-state index >= 15 is 0 Å². The van der Waals surface area contributed by atoms with Gasteiger partial charge in [0.25, 0.3) is 0 Å². The third kappa shape index (κ3) is 4.92. The molecule has 5 heteroatoms. The molecule has 0 saturated carbocycles. The van der Waals surface area contributed by atoms with Crippen LogP contribution in [0.25, 0.3) is 0 Å². The minimum absolute atomic E-state index is 0.136. The average molecular weight is 398 g/mol. The summed E-state index contributed by atoms with van der Waals surface area (Å²) >= 11 is 12.6. The van der Waals surface area contributed by atoms with Crippen LogP contribution in [0, 0.1) is 0 Å². The molecule has 2 N–H and O–H groups in total. The summed E-state index contributed by atoms with van der Waals surface area (Å²) in [5.41, 5.74) is 9.45. The second-order valence-electron chi connectivity index (χ2n) is 4.31. The van der Waals surface area contributed by atoms with Gasteiger partial charge in [-0.3, -0.25) is 0 Å². The molecule has 1 aromatic rings. The number of benzene rings is 1. The van der Waals surface area contributed by atoms with Crippen molar-refractivity contribution in [3.63, 3.8) is 0 Å². The Labute approximate surface area is 130 Å². The van der Waals surface area contributed by atoms with Crippen molar-refractivity contribution in [2.45, 2.75) is 26.3 Å². The first kappa shape index (κ1) is 16.0. The lowest BCUT2D eigenvalue weighted by Gasteiger charge is -2.13. The van der Waals surface area contributed by atoms with E-state index in [1.807, 2.05) is 26.0 Å². The maximum absolute atomic E-state index is 5.80. The highest BCUT2D eigenvalue weighted by Crippen LogP contribution is 2.35. The zero-order chi connectivity index (χ0) is 13.7. The molecule has 0 aromatic heterocycles. The lowest BCUT2D eigenvalue weighted by molar-refractivity contribution is 0.348. The smallest absolute Gasteiger partial charge is 0.148 e. The Balaban J connectivity index is 2.87. The third-order valence-electron chi connectivity index (χ3n) is 2.25. The molecule has 0 spiro atoms. The van der Waals surface area contributed by atoms with Crippen LogP contribution in [0.3, 0.4) is 0 Å². The summed E-state index contributed by atoms with van der Waals surface area (Å²) in [5.74, 6) is 0.779. The minimum Gasteiger partial charge on any atom is -0.487 e. The Kier molecular flexibility index (Phi) is 6.71.